The van der Waals surface area contributed by atoms with Crippen LogP contribution in [0.15, 0.2) is 0 Å². The van der Waals surface area contributed by atoms with Crippen molar-refractivity contribution in [2.24, 2.45) is 11.3 Å². The number of hydrogen-bond donors (Lipinski definition) is 1. The van der Waals surface area contributed by atoms with Gasteiger partial charge in [-0.05, 0) is 25.7 Å². The van der Waals surface area contributed by atoms with Gasteiger partial charge in [0.2, 0.25) is 0 Å². The molecule has 0 saturated carbocycles. The highest BCUT2D eigenvalue weighted by Crippen LogP contribution is 2.29. The maximum absolute atomic E-state index is 11.6. The van der Waals surface area contributed by atoms with E-state index in [1.807, 2.05) is 20.8 Å². The molecule has 1 N–H and O–H groups in total. The van der Waals surface area contributed by atoms with Gasteiger partial charge in [0.05, 0.1) is 16.9 Å². The second kappa shape index (κ2) is 5.17. The Morgan fingerprint density at radius 2 is 1.69 bits per heavy atom. The topological polar surface area (TPSA) is 71.4 Å². The van der Waals surface area contributed by atoms with E-state index in [0.717, 1.165) is 0 Å². The molecule has 1 unspecified atom stereocenters. The number of carbonyl (C=O) groups is 1. The first-order chi connectivity index (χ1) is 6.98. The highest BCUT2D eigenvalue weighted by Gasteiger charge is 2.32. The number of aliphatic carboxylic acids is 1. The minimum atomic E-state index is -3.15. The van der Waals surface area contributed by atoms with Gasteiger partial charge in [0.25, 0.3) is 0 Å². The maximum Gasteiger partial charge on any atom is 0.307 e. The summed E-state index contributed by atoms with van der Waals surface area (Å²) < 4.78 is 23.2. The molecule has 0 aromatic heterocycles. The van der Waals surface area contributed by atoms with E-state index in [4.69, 9.17) is 5.11 Å². The van der Waals surface area contributed by atoms with Crippen molar-refractivity contribution in [3.8, 4) is 0 Å². The number of carboxylic acid groups (broad SMARTS) is 1. The van der Waals surface area contributed by atoms with Crippen molar-refractivity contribution in [2.75, 3.05) is 5.75 Å². The first-order valence-corrected chi connectivity index (χ1v) is 7.14. The molecule has 0 aliphatic heterocycles. The maximum atomic E-state index is 11.6. The molecule has 0 amide bonds. The van der Waals surface area contributed by atoms with E-state index in [1.54, 1.807) is 13.8 Å². The fourth-order valence-corrected chi connectivity index (χ4v) is 2.48. The first-order valence-electron chi connectivity index (χ1n) is 5.43. The van der Waals surface area contributed by atoms with E-state index in [0.29, 0.717) is 0 Å². The van der Waals surface area contributed by atoms with Crippen molar-refractivity contribution < 1.29 is 18.3 Å². The predicted octanol–water partition coefficient (Wildman–Crippen LogP) is 1.95. The van der Waals surface area contributed by atoms with Crippen LogP contribution < -0.4 is 0 Å². The van der Waals surface area contributed by atoms with Crippen molar-refractivity contribution in [2.45, 2.75) is 46.3 Å². The summed E-state index contributed by atoms with van der Waals surface area (Å²) in [6.07, 6.45) is 0.180. The molecule has 0 aliphatic carbocycles. The number of carboxylic acids is 1. The Labute approximate surface area is 98.0 Å². The van der Waals surface area contributed by atoms with Crippen LogP contribution in [0.1, 0.15) is 41.0 Å². The van der Waals surface area contributed by atoms with Crippen LogP contribution in [0, 0.1) is 11.3 Å². The van der Waals surface area contributed by atoms with E-state index < -0.39 is 32.4 Å². The second-order valence-electron chi connectivity index (χ2n) is 5.46. The lowest BCUT2D eigenvalue weighted by Gasteiger charge is -2.27. The van der Waals surface area contributed by atoms with E-state index in [-0.39, 0.29) is 12.2 Å². The zero-order chi connectivity index (χ0) is 13.1. The molecule has 1 atom stereocenters. The zero-order valence-electron chi connectivity index (χ0n) is 10.6. The van der Waals surface area contributed by atoms with Crippen LogP contribution in [0.5, 0.6) is 0 Å². The Kier molecular flexibility index (Phi) is 4.98. The molecule has 0 aromatic rings. The Hall–Kier alpha value is -0.580. The Morgan fingerprint density at radius 3 is 1.94 bits per heavy atom. The van der Waals surface area contributed by atoms with Crippen LogP contribution in [0.25, 0.3) is 0 Å². The van der Waals surface area contributed by atoms with Gasteiger partial charge in [-0.2, -0.15) is 0 Å². The summed E-state index contributed by atoms with van der Waals surface area (Å²) in [7, 11) is -3.15. The first kappa shape index (κ1) is 15.4. The highest BCUT2D eigenvalue weighted by atomic mass is 32.2. The summed E-state index contributed by atoms with van der Waals surface area (Å²) >= 11 is 0. The van der Waals surface area contributed by atoms with Gasteiger partial charge in [0.15, 0.2) is 9.84 Å². The molecule has 0 heterocycles. The average molecular weight is 250 g/mol. The molecule has 0 fully saturated rings. The molecule has 0 spiro atoms. The van der Waals surface area contributed by atoms with Gasteiger partial charge < -0.3 is 5.11 Å². The molecule has 0 aliphatic rings. The van der Waals surface area contributed by atoms with Gasteiger partial charge in [0.1, 0.15) is 0 Å². The molecular formula is C11H22O4S. The summed E-state index contributed by atoms with van der Waals surface area (Å²) in [6, 6.07) is 0. The molecule has 0 rings (SSSR count). The lowest BCUT2D eigenvalue weighted by molar-refractivity contribution is -0.145. The monoisotopic (exact) mass is 250 g/mol. The molecule has 16 heavy (non-hydrogen) atoms. The van der Waals surface area contributed by atoms with E-state index in [1.165, 1.54) is 0 Å². The number of rotatable bonds is 5. The van der Waals surface area contributed by atoms with Crippen LogP contribution in [0.3, 0.4) is 0 Å². The van der Waals surface area contributed by atoms with Crippen molar-refractivity contribution in [3.05, 3.63) is 0 Å². The number of sulfone groups is 1. The van der Waals surface area contributed by atoms with Crippen LogP contribution in [0.4, 0.5) is 0 Å². The van der Waals surface area contributed by atoms with Gasteiger partial charge >= 0.3 is 5.97 Å². The Bertz CT molecular complexity index is 335. The van der Waals surface area contributed by atoms with Crippen LogP contribution in [0.2, 0.25) is 0 Å². The largest absolute Gasteiger partial charge is 0.481 e. The number of hydrogen-bond acceptors (Lipinski definition) is 3. The highest BCUT2D eigenvalue weighted by molar-refractivity contribution is 7.91. The SMILES string of the molecule is CC(C)S(=O)(=O)CCC(C(=O)O)C(C)(C)C. The smallest absolute Gasteiger partial charge is 0.307 e. The van der Waals surface area contributed by atoms with Gasteiger partial charge in [-0.15, -0.1) is 0 Å². The van der Waals surface area contributed by atoms with Crippen LogP contribution >= 0.6 is 0 Å². The third-order valence-electron chi connectivity index (χ3n) is 2.75. The molecule has 5 heteroatoms. The minimum Gasteiger partial charge on any atom is -0.481 e. The molecular weight excluding hydrogens is 228 g/mol. The summed E-state index contributed by atoms with van der Waals surface area (Å²) in [4.78, 5) is 11.0. The van der Waals surface area contributed by atoms with Crippen molar-refractivity contribution >= 4 is 15.8 Å². The van der Waals surface area contributed by atoms with E-state index in [9.17, 15) is 13.2 Å². The molecule has 0 radical (unpaired) electrons. The van der Waals surface area contributed by atoms with E-state index in [2.05, 4.69) is 0 Å². The van der Waals surface area contributed by atoms with Crippen LogP contribution in [-0.2, 0) is 14.6 Å². The third kappa shape index (κ3) is 4.51. The van der Waals surface area contributed by atoms with E-state index >= 15 is 0 Å². The third-order valence-corrected chi connectivity index (χ3v) is 4.99. The molecule has 0 saturated heterocycles. The second-order valence-corrected chi connectivity index (χ2v) is 8.14. The molecule has 4 nitrogen and oxygen atoms in total. The van der Waals surface area contributed by atoms with Gasteiger partial charge in [0, 0.05) is 0 Å². The van der Waals surface area contributed by atoms with Gasteiger partial charge in [-0.3, -0.25) is 4.79 Å². The Balaban J connectivity index is 4.66. The zero-order valence-corrected chi connectivity index (χ0v) is 11.5. The summed E-state index contributed by atoms with van der Waals surface area (Å²) in [5.74, 6) is -1.61. The molecule has 96 valence electrons. The normalized spacial score (nSPS) is 15.1. The van der Waals surface area contributed by atoms with Crippen molar-refractivity contribution in [1.29, 1.82) is 0 Å². The van der Waals surface area contributed by atoms with Gasteiger partial charge in [-0.1, -0.05) is 20.8 Å². The van der Waals surface area contributed by atoms with Crippen molar-refractivity contribution in [1.82, 2.24) is 0 Å². The molecule has 0 aromatic carbocycles. The fourth-order valence-electron chi connectivity index (χ4n) is 1.44. The summed E-state index contributed by atoms with van der Waals surface area (Å²) in [5, 5.41) is 8.61. The standard InChI is InChI=1S/C11H22O4S/c1-8(2)16(14,15)7-6-9(10(12)13)11(3,4)5/h8-9H,6-7H2,1-5H3,(H,12,13). The minimum absolute atomic E-state index is 0.0566. The Morgan fingerprint density at radius 1 is 1.25 bits per heavy atom. The quantitative estimate of drug-likeness (QED) is 0.809. The summed E-state index contributed by atoms with van der Waals surface area (Å²) in [5.41, 5.74) is -0.418. The molecule has 0 bridgehead atoms. The van der Waals surface area contributed by atoms with Crippen LogP contribution in [-0.4, -0.2) is 30.5 Å². The lowest BCUT2D eigenvalue weighted by Crippen LogP contribution is -2.31. The van der Waals surface area contributed by atoms with Crippen molar-refractivity contribution in [3.63, 3.8) is 0 Å². The average Bonchev–Trinajstić information content (AvgIpc) is 1.99. The van der Waals surface area contributed by atoms with Gasteiger partial charge in [-0.25, -0.2) is 8.42 Å². The lowest BCUT2D eigenvalue weighted by atomic mass is 9.79. The predicted molar refractivity (Wildman–Crippen MR) is 64.1 cm³/mol. The fraction of sp³-hybridized carbons (Fsp3) is 0.909. The summed E-state index contributed by atoms with van der Waals surface area (Å²) in [6.45, 7) is 8.67.